The molecule has 0 bridgehead atoms. The van der Waals surface area contributed by atoms with Crippen LogP contribution in [0.3, 0.4) is 0 Å². The fraction of sp³-hybridized carbons (Fsp3) is 0.281. The van der Waals surface area contributed by atoms with Crippen LogP contribution in [0.15, 0.2) is 82.6 Å². The van der Waals surface area contributed by atoms with Gasteiger partial charge in [-0.1, -0.05) is 24.3 Å². The minimum Gasteiger partial charge on any atom is -0.465 e. The van der Waals surface area contributed by atoms with E-state index < -0.39 is 46.2 Å². The van der Waals surface area contributed by atoms with E-state index in [0.29, 0.717) is 16.9 Å². The number of allylic oxidation sites excluding steroid dienone is 2. The quantitative estimate of drug-likeness (QED) is 0.147. The van der Waals surface area contributed by atoms with Gasteiger partial charge in [0.05, 0.1) is 35.3 Å². The first-order chi connectivity index (χ1) is 21.1. The number of carbonyl (C=O) groups excluding carboxylic acids is 3. The first-order valence-corrected chi connectivity index (χ1v) is 14.9. The second-order valence-electron chi connectivity index (χ2n) is 10.3. The number of thiophene rings is 1. The SMILES string of the molecule is CCOC(=O)C1=C(N)N(c2ccc([N+](=O)[O-])cc2C)C2=C(C(=O)[C@H](C(=O)OCC)[C@@H](c3cccs3)C2)[C@@H]1c1ccccc1F. The van der Waals surface area contributed by atoms with Crippen molar-refractivity contribution in [2.24, 2.45) is 11.7 Å². The number of anilines is 1. The normalized spacial score (nSPS) is 20.0. The zero-order chi connectivity index (χ0) is 31.7. The largest absolute Gasteiger partial charge is 0.465 e. The molecule has 2 aromatic carbocycles. The maximum Gasteiger partial charge on any atom is 0.338 e. The summed E-state index contributed by atoms with van der Waals surface area (Å²) in [5.41, 5.74) is 7.65. The number of hydrogen-bond acceptors (Lipinski definition) is 10. The summed E-state index contributed by atoms with van der Waals surface area (Å²) in [6.45, 7) is 4.90. The topological polar surface area (TPSA) is 142 Å². The van der Waals surface area contributed by atoms with Crippen LogP contribution < -0.4 is 10.6 Å². The van der Waals surface area contributed by atoms with Crippen molar-refractivity contribution in [3.63, 3.8) is 0 Å². The summed E-state index contributed by atoms with van der Waals surface area (Å²) in [6.07, 6.45) is 0.100. The van der Waals surface area contributed by atoms with Crippen LogP contribution >= 0.6 is 11.3 Å². The van der Waals surface area contributed by atoms with Gasteiger partial charge in [-0.15, -0.1) is 11.3 Å². The third-order valence-corrected chi connectivity index (χ3v) is 8.84. The van der Waals surface area contributed by atoms with Gasteiger partial charge in [0.25, 0.3) is 5.69 Å². The second kappa shape index (κ2) is 12.4. The number of benzene rings is 2. The predicted octanol–water partition coefficient (Wildman–Crippen LogP) is 5.63. The van der Waals surface area contributed by atoms with Gasteiger partial charge in [0.1, 0.15) is 17.6 Å². The molecule has 1 aromatic heterocycles. The van der Waals surface area contributed by atoms with E-state index in [0.717, 1.165) is 4.88 Å². The van der Waals surface area contributed by atoms with E-state index in [1.807, 2.05) is 17.5 Å². The van der Waals surface area contributed by atoms with Gasteiger partial charge >= 0.3 is 11.9 Å². The Bertz CT molecular complexity index is 1720. The monoisotopic (exact) mass is 619 g/mol. The molecule has 0 saturated carbocycles. The number of rotatable bonds is 8. The molecule has 0 saturated heterocycles. The number of ketones is 1. The summed E-state index contributed by atoms with van der Waals surface area (Å²) in [4.78, 5) is 55.0. The van der Waals surface area contributed by atoms with Crippen LogP contribution in [0, 0.1) is 28.8 Å². The van der Waals surface area contributed by atoms with Crippen molar-refractivity contribution in [3.8, 4) is 0 Å². The molecule has 10 nitrogen and oxygen atoms in total. The molecule has 0 fully saturated rings. The van der Waals surface area contributed by atoms with Gasteiger partial charge in [-0.05, 0) is 56.3 Å². The lowest BCUT2D eigenvalue weighted by Crippen LogP contribution is -2.46. The molecule has 228 valence electrons. The van der Waals surface area contributed by atoms with E-state index in [1.165, 1.54) is 52.6 Å². The molecule has 3 atom stereocenters. The van der Waals surface area contributed by atoms with Crippen LogP contribution in [0.1, 0.15) is 48.1 Å². The average molecular weight is 620 g/mol. The van der Waals surface area contributed by atoms with Crippen LogP contribution in [0.4, 0.5) is 15.8 Å². The lowest BCUT2D eigenvalue weighted by atomic mass is 9.68. The third kappa shape index (κ3) is 5.25. The molecule has 1 aliphatic carbocycles. The number of esters is 2. The van der Waals surface area contributed by atoms with Crippen molar-refractivity contribution >= 4 is 40.4 Å². The highest BCUT2D eigenvalue weighted by molar-refractivity contribution is 7.10. The van der Waals surface area contributed by atoms with Gasteiger partial charge in [0, 0.05) is 39.8 Å². The number of Topliss-reactive ketones (excluding diaryl/α,β-unsaturated/α-hetero) is 1. The number of nitro benzene ring substituents is 1. The van der Waals surface area contributed by atoms with E-state index in [1.54, 1.807) is 26.8 Å². The number of ether oxygens (including phenoxy) is 2. The summed E-state index contributed by atoms with van der Waals surface area (Å²) >= 11 is 1.37. The molecule has 0 amide bonds. The standard InChI is InChI=1S/C32H30FN3O7S/c1-4-42-31(38)26-20(24-11-8-14-44-24)16-23-27(29(26)37)25(19-9-6-7-10-21(19)33)28(32(39)43-5-2)30(34)35(23)22-13-12-18(36(40)41)15-17(22)3/h6-15,20,25-26H,4-5,16,34H2,1-3H3/t20-,25+,26-/m1/s1. The molecular weight excluding hydrogens is 589 g/mol. The molecule has 5 rings (SSSR count). The van der Waals surface area contributed by atoms with Gasteiger partial charge in [-0.3, -0.25) is 24.6 Å². The molecule has 2 heterocycles. The Morgan fingerprint density at radius 3 is 2.45 bits per heavy atom. The highest BCUT2D eigenvalue weighted by Crippen LogP contribution is 2.52. The maximum atomic E-state index is 15.6. The lowest BCUT2D eigenvalue weighted by molar-refractivity contribution is -0.384. The molecule has 0 unspecified atom stereocenters. The Hall–Kier alpha value is -4.84. The Balaban J connectivity index is 1.85. The summed E-state index contributed by atoms with van der Waals surface area (Å²) in [5, 5.41) is 13.3. The first-order valence-electron chi connectivity index (χ1n) is 14.0. The summed E-state index contributed by atoms with van der Waals surface area (Å²) < 4.78 is 26.3. The summed E-state index contributed by atoms with van der Waals surface area (Å²) in [7, 11) is 0. The fourth-order valence-electron chi connectivity index (χ4n) is 6.01. The van der Waals surface area contributed by atoms with E-state index >= 15 is 4.39 Å². The zero-order valence-electron chi connectivity index (χ0n) is 24.2. The molecule has 0 radical (unpaired) electrons. The summed E-state index contributed by atoms with van der Waals surface area (Å²) in [6, 6.07) is 13.5. The smallest absolute Gasteiger partial charge is 0.338 e. The van der Waals surface area contributed by atoms with Crippen LogP contribution in [0.25, 0.3) is 0 Å². The van der Waals surface area contributed by atoms with E-state index in [9.17, 15) is 24.5 Å². The van der Waals surface area contributed by atoms with Crippen molar-refractivity contribution in [2.45, 2.75) is 39.0 Å². The zero-order valence-corrected chi connectivity index (χ0v) is 25.1. The van der Waals surface area contributed by atoms with Crippen LogP contribution in [0.2, 0.25) is 0 Å². The summed E-state index contributed by atoms with van der Waals surface area (Å²) in [5.74, 6) is -6.24. The molecule has 2 aliphatic rings. The highest BCUT2D eigenvalue weighted by Gasteiger charge is 2.52. The minimum absolute atomic E-state index is 0.0102. The number of nitrogens with two attached hydrogens (primary N) is 1. The maximum absolute atomic E-state index is 15.6. The molecule has 1 aliphatic heterocycles. The van der Waals surface area contributed by atoms with Crippen molar-refractivity contribution < 1.29 is 33.2 Å². The molecule has 44 heavy (non-hydrogen) atoms. The fourth-order valence-corrected chi connectivity index (χ4v) is 6.87. The van der Waals surface area contributed by atoms with Crippen LogP contribution in [-0.2, 0) is 23.9 Å². The van der Waals surface area contributed by atoms with Gasteiger partial charge in [-0.25, -0.2) is 9.18 Å². The van der Waals surface area contributed by atoms with Gasteiger partial charge < -0.3 is 15.2 Å². The number of non-ortho nitro benzene ring substituents is 1. The van der Waals surface area contributed by atoms with Crippen molar-refractivity contribution in [2.75, 3.05) is 18.1 Å². The molecule has 3 aromatic rings. The Labute approximate surface area is 256 Å². The van der Waals surface area contributed by atoms with Gasteiger partial charge in [-0.2, -0.15) is 0 Å². The number of halogens is 1. The van der Waals surface area contributed by atoms with E-state index in [-0.39, 0.29) is 47.9 Å². The van der Waals surface area contributed by atoms with Gasteiger partial charge in [0.15, 0.2) is 5.78 Å². The Morgan fingerprint density at radius 1 is 1.11 bits per heavy atom. The third-order valence-electron chi connectivity index (χ3n) is 7.83. The Kier molecular flexibility index (Phi) is 8.63. The van der Waals surface area contributed by atoms with Crippen LogP contribution in [0.5, 0.6) is 0 Å². The molecule has 2 N–H and O–H groups in total. The number of aryl methyl sites for hydroxylation is 1. The first kappa shape index (κ1) is 30.6. The van der Waals surface area contributed by atoms with Crippen molar-refractivity contribution in [3.05, 3.63) is 115 Å². The second-order valence-corrected chi connectivity index (χ2v) is 11.3. The number of nitrogens with zero attached hydrogens (tertiary/aromatic N) is 2. The number of hydrogen-bond donors (Lipinski definition) is 1. The van der Waals surface area contributed by atoms with Crippen LogP contribution in [-0.4, -0.2) is 35.9 Å². The number of nitro groups is 1. The Morgan fingerprint density at radius 2 is 1.84 bits per heavy atom. The molecular formula is C32H30FN3O7S. The minimum atomic E-state index is -1.30. The van der Waals surface area contributed by atoms with E-state index in [2.05, 4.69) is 0 Å². The molecule has 0 spiro atoms. The van der Waals surface area contributed by atoms with Crippen molar-refractivity contribution in [1.82, 2.24) is 0 Å². The highest BCUT2D eigenvalue weighted by atomic mass is 32.1. The average Bonchev–Trinajstić information content (AvgIpc) is 3.52. The van der Waals surface area contributed by atoms with Gasteiger partial charge in [0.2, 0.25) is 0 Å². The van der Waals surface area contributed by atoms with Crippen molar-refractivity contribution in [1.29, 1.82) is 0 Å². The lowest BCUT2D eigenvalue weighted by Gasteiger charge is -2.44. The van der Waals surface area contributed by atoms with E-state index in [4.69, 9.17) is 15.2 Å². The molecule has 12 heteroatoms. The number of carbonyl (C=O) groups is 3. The predicted molar refractivity (Wildman–Crippen MR) is 161 cm³/mol.